The largest absolute Gasteiger partial charge is 0.508 e. The Labute approximate surface area is 169 Å². The molecule has 0 aliphatic carbocycles. The van der Waals surface area contributed by atoms with Crippen molar-refractivity contribution in [3.05, 3.63) is 58.4 Å². The van der Waals surface area contributed by atoms with E-state index in [1.807, 2.05) is 0 Å². The van der Waals surface area contributed by atoms with Crippen LogP contribution in [-0.2, 0) is 4.74 Å². The number of aliphatic hydroxyl groups is 4. The van der Waals surface area contributed by atoms with Crippen molar-refractivity contribution < 1.29 is 39.8 Å². The third-order valence-corrected chi connectivity index (χ3v) is 5.21. The summed E-state index contributed by atoms with van der Waals surface area (Å²) >= 11 is 0. The van der Waals surface area contributed by atoms with Crippen molar-refractivity contribution in [1.29, 1.82) is 0 Å². The number of rotatable bonds is 3. The number of aromatic hydroxyl groups is 2. The highest BCUT2D eigenvalue weighted by Gasteiger charge is 2.46. The first kappa shape index (κ1) is 20.3. The molecule has 6 N–H and O–H groups in total. The van der Waals surface area contributed by atoms with Crippen molar-refractivity contribution >= 4 is 11.0 Å². The quantitative estimate of drug-likeness (QED) is 0.355. The van der Waals surface area contributed by atoms with Crippen molar-refractivity contribution in [2.24, 2.45) is 0 Å². The van der Waals surface area contributed by atoms with E-state index >= 15 is 0 Å². The number of phenolic OH excluding ortho intramolecular Hbond substituents is 2. The SMILES string of the molecule is O=c1c(-c2ccc(O)cc2)c([C@@H]2O[C@H](CO)[C@@H](O)[C@H](O)[C@H]2O)oc2cc(O)ccc12. The van der Waals surface area contributed by atoms with Crippen molar-refractivity contribution in [3.8, 4) is 22.6 Å². The van der Waals surface area contributed by atoms with Gasteiger partial charge in [-0.15, -0.1) is 0 Å². The van der Waals surface area contributed by atoms with Gasteiger partial charge in [-0.2, -0.15) is 0 Å². The topological polar surface area (TPSA) is 161 Å². The van der Waals surface area contributed by atoms with Gasteiger partial charge in [-0.3, -0.25) is 4.79 Å². The average Bonchev–Trinajstić information content (AvgIpc) is 2.73. The number of fused-ring (bicyclic) bond motifs is 1. The molecule has 0 bridgehead atoms. The molecular formula is C21H20O9. The summed E-state index contributed by atoms with van der Waals surface area (Å²) in [6, 6.07) is 9.62. The Kier molecular flexibility index (Phi) is 5.22. The summed E-state index contributed by atoms with van der Waals surface area (Å²) in [6.45, 7) is -0.644. The van der Waals surface area contributed by atoms with E-state index in [1.165, 1.54) is 42.5 Å². The summed E-state index contributed by atoms with van der Waals surface area (Å²) in [6.07, 6.45) is -7.51. The van der Waals surface area contributed by atoms with Crippen LogP contribution in [0.2, 0.25) is 0 Å². The summed E-state index contributed by atoms with van der Waals surface area (Å²) in [5, 5.41) is 59.8. The van der Waals surface area contributed by atoms with Gasteiger partial charge in [-0.25, -0.2) is 0 Å². The lowest BCUT2D eigenvalue weighted by atomic mass is 9.90. The molecule has 1 saturated heterocycles. The van der Waals surface area contributed by atoms with Gasteiger partial charge in [0.05, 0.1) is 17.6 Å². The molecular weight excluding hydrogens is 396 g/mol. The van der Waals surface area contributed by atoms with Gasteiger partial charge in [-0.1, -0.05) is 12.1 Å². The third kappa shape index (κ3) is 3.32. The second kappa shape index (κ2) is 7.71. The van der Waals surface area contributed by atoms with Crippen LogP contribution in [0.15, 0.2) is 51.7 Å². The Morgan fingerprint density at radius 2 is 1.53 bits per heavy atom. The number of aliphatic hydroxyl groups excluding tert-OH is 4. The van der Waals surface area contributed by atoms with Crippen LogP contribution in [0.4, 0.5) is 0 Å². The molecule has 2 aromatic carbocycles. The fraction of sp³-hybridized carbons (Fsp3) is 0.286. The number of hydrogen-bond acceptors (Lipinski definition) is 9. The minimum atomic E-state index is -1.67. The number of hydrogen-bond donors (Lipinski definition) is 6. The molecule has 4 rings (SSSR count). The van der Waals surface area contributed by atoms with Crippen molar-refractivity contribution in [2.45, 2.75) is 30.5 Å². The van der Waals surface area contributed by atoms with Gasteiger partial charge in [0.1, 0.15) is 53.4 Å². The Morgan fingerprint density at radius 1 is 0.867 bits per heavy atom. The molecule has 3 aromatic rings. The lowest BCUT2D eigenvalue weighted by molar-refractivity contribution is -0.235. The zero-order valence-corrected chi connectivity index (χ0v) is 15.5. The minimum Gasteiger partial charge on any atom is -0.508 e. The van der Waals surface area contributed by atoms with E-state index in [1.54, 1.807) is 0 Å². The Morgan fingerprint density at radius 3 is 2.20 bits per heavy atom. The maximum atomic E-state index is 13.3. The second-order valence-electron chi connectivity index (χ2n) is 7.15. The van der Waals surface area contributed by atoms with E-state index in [4.69, 9.17) is 9.15 Å². The summed E-state index contributed by atoms with van der Waals surface area (Å²) in [5.74, 6) is -0.327. The van der Waals surface area contributed by atoms with E-state index in [9.17, 15) is 35.4 Å². The highest BCUT2D eigenvalue weighted by Crippen LogP contribution is 2.38. The average molecular weight is 416 g/mol. The lowest BCUT2D eigenvalue weighted by Crippen LogP contribution is -2.55. The molecule has 1 aliphatic heterocycles. The van der Waals surface area contributed by atoms with Crippen molar-refractivity contribution in [1.82, 2.24) is 0 Å². The molecule has 0 radical (unpaired) electrons. The minimum absolute atomic E-state index is 0.0116. The molecule has 30 heavy (non-hydrogen) atoms. The van der Waals surface area contributed by atoms with Crippen LogP contribution in [-0.4, -0.2) is 61.7 Å². The summed E-state index contributed by atoms with van der Waals surface area (Å²) in [5.41, 5.74) is -0.107. The highest BCUT2D eigenvalue weighted by molar-refractivity contribution is 5.84. The van der Waals surface area contributed by atoms with E-state index in [0.29, 0.717) is 5.56 Å². The lowest BCUT2D eigenvalue weighted by Gasteiger charge is -2.39. The first-order valence-corrected chi connectivity index (χ1v) is 9.21. The van der Waals surface area contributed by atoms with Crippen LogP contribution in [0.25, 0.3) is 22.1 Å². The van der Waals surface area contributed by atoms with Crippen LogP contribution in [0, 0.1) is 0 Å². The standard InChI is InChI=1S/C21H20O9/c22-8-14-17(26)18(27)19(28)21(30-14)20-15(9-1-3-10(23)4-2-9)16(25)12-6-5-11(24)7-13(12)29-20/h1-7,14,17-19,21-24,26-28H,8H2/t14-,17-,18+,19-,21-/m1/s1. The van der Waals surface area contributed by atoms with Crippen LogP contribution < -0.4 is 5.43 Å². The Hall–Kier alpha value is -2.95. The van der Waals surface area contributed by atoms with E-state index in [-0.39, 0.29) is 33.8 Å². The first-order valence-electron chi connectivity index (χ1n) is 9.21. The van der Waals surface area contributed by atoms with Crippen molar-refractivity contribution in [2.75, 3.05) is 6.61 Å². The summed E-state index contributed by atoms with van der Waals surface area (Å²) in [4.78, 5) is 13.3. The Balaban J connectivity index is 1.98. The molecule has 0 saturated carbocycles. The van der Waals surface area contributed by atoms with Crippen LogP contribution in [0.5, 0.6) is 11.5 Å². The maximum Gasteiger partial charge on any atom is 0.200 e. The summed E-state index contributed by atoms with van der Waals surface area (Å²) in [7, 11) is 0. The fourth-order valence-corrected chi connectivity index (χ4v) is 3.62. The van der Waals surface area contributed by atoms with Crippen LogP contribution in [0.1, 0.15) is 11.9 Å². The molecule has 158 valence electrons. The van der Waals surface area contributed by atoms with Gasteiger partial charge in [0.2, 0.25) is 5.43 Å². The fourth-order valence-electron chi connectivity index (χ4n) is 3.62. The smallest absolute Gasteiger partial charge is 0.200 e. The van der Waals surface area contributed by atoms with Gasteiger partial charge in [0.15, 0.2) is 0 Å². The summed E-state index contributed by atoms with van der Waals surface area (Å²) < 4.78 is 11.4. The number of phenols is 2. The molecule has 1 aliphatic rings. The molecule has 0 spiro atoms. The maximum absolute atomic E-state index is 13.3. The highest BCUT2D eigenvalue weighted by atomic mass is 16.6. The van der Waals surface area contributed by atoms with Gasteiger partial charge in [0, 0.05) is 6.07 Å². The molecule has 9 heteroatoms. The predicted molar refractivity (Wildman–Crippen MR) is 104 cm³/mol. The molecule has 1 aromatic heterocycles. The number of benzene rings is 2. The molecule has 9 nitrogen and oxygen atoms in total. The number of ether oxygens (including phenoxy) is 1. The van der Waals surface area contributed by atoms with Crippen LogP contribution in [0.3, 0.4) is 0 Å². The van der Waals surface area contributed by atoms with Gasteiger partial charge in [0.25, 0.3) is 0 Å². The second-order valence-corrected chi connectivity index (χ2v) is 7.15. The third-order valence-electron chi connectivity index (χ3n) is 5.21. The van der Waals surface area contributed by atoms with E-state index in [2.05, 4.69) is 0 Å². The molecule has 2 heterocycles. The monoisotopic (exact) mass is 416 g/mol. The van der Waals surface area contributed by atoms with E-state index < -0.39 is 42.6 Å². The van der Waals surface area contributed by atoms with Crippen LogP contribution >= 0.6 is 0 Å². The molecule has 1 fully saturated rings. The Bertz CT molecular complexity index is 1120. The van der Waals surface area contributed by atoms with Gasteiger partial charge >= 0.3 is 0 Å². The molecule has 0 amide bonds. The van der Waals surface area contributed by atoms with Gasteiger partial charge in [-0.05, 0) is 29.8 Å². The predicted octanol–water partition coefficient (Wildman–Crippen LogP) is 0.386. The first-order chi connectivity index (χ1) is 14.3. The van der Waals surface area contributed by atoms with Gasteiger partial charge < -0.3 is 39.8 Å². The zero-order valence-electron chi connectivity index (χ0n) is 15.5. The normalized spacial score (nSPS) is 26.7. The van der Waals surface area contributed by atoms with Crippen molar-refractivity contribution in [3.63, 3.8) is 0 Å². The molecule has 0 unspecified atom stereocenters. The zero-order chi connectivity index (χ0) is 21.6. The van der Waals surface area contributed by atoms with E-state index in [0.717, 1.165) is 0 Å². The molecule has 5 atom stereocenters.